The van der Waals surface area contributed by atoms with Crippen molar-refractivity contribution in [2.24, 2.45) is 0 Å². The number of likely N-dealkylation sites (N-methyl/N-ethyl adjacent to an activating group) is 1. The van der Waals surface area contributed by atoms with E-state index in [1.165, 1.54) is 12.8 Å². The van der Waals surface area contributed by atoms with Gasteiger partial charge >= 0.3 is 0 Å². The maximum atomic E-state index is 12.2. The second-order valence-electron chi connectivity index (χ2n) is 5.43. The van der Waals surface area contributed by atoms with E-state index in [-0.39, 0.29) is 5.91 Å². The molecule has 0 spiro atoms. The van der Waals surface area contributed by atoms with Crippen LogP contribution in [0, 0.1) is 6.92 Å². The number of piperidine rings is 1. The zero-order chi connectivity index (χ0) is 14.4. The molecule has 1 saturated heterocycles. The summed E-state index contributed by atoms with van der Waals surface area (Å²) in [5.74, 6) is 0.0757. The number of hydrogen-bond donors (Lipinski definition) is 2. The third kappa shape index (κ3) is 4.05. The molecule has 110 valence electrons. The first kappa shape index (κ1) is 15.0. The van der Waals surface area contributed by atoms with Gasteiger partial charge in [-0.2, -0.15) is 0 Å². The average molecular weight is 275 g/mol. The Morgan fingerprint density at radius 2 is 2.25 bits per heavy atom. The molecule has 1 aromatic carbocycles. The minimum atomic E-state index is 0.0757. The highest BCUT2D eigenvalue weighted by Crippen LogP contribution is 2.14. The third-order valence-corrected chi connectivity index (χ3v) is 3.96. The number of nitrogens with zero attached hydrogens (tertiary/aromatic N) is 1. The highest BCUT2D eigenvalue weighted by atomic mass is 16.2. The number of nitrogens with one attached hydrogen (secondary N) is 2. The lowest BCUT2D eigenvalue weighted by molar-refractivity contribution is -0.117. The van der Waals surface area contributed by atoms with Gasteiger partial charge in [-0.05, 0) is 44.5 Å². The van der Waals surface area contributed by atoms with Gasteiger partial charge in [0.1, 0.15) is 0 Å². The van der Waals surface area contributed by atoms with E-state index in [0.717, 1.165) is 30.9 Å². The summed E-state index contributed by atoms with van der Waals surface area (Å²) in [7, 11) is 0. The first-order valence-corrected chi connectivity index (χ1v) is 7.51. The molecule has 20 heavy (non-hydrogen) atoms. The van der Waals surface area contributed by atoms with Crippen LogP contribution in [-0.4, -0.2) is 43.0 Å². The van der Waals surface area contributed by atoms with Gasteiger partial charge in [-0.25, -0.2) is 0 Å². The lowest BCUT2D eigenvalue weighted by Gasteiger charge is -2.33. The van der Waals surface area contributed by atoms with Gasteiger partial charge in [0.15, 0.2) is 0 Å². The van der Waals surface area contributed by atoms with Crippen LogP contribution >= 0.6 is 0 Å². The summed E-state index contributed by atoms with van der Waals surface area (Å²) in [5, 5.41) is 6.42. The molecule has 4 nitrogen and oxygen atoms in total. The van der Waals surface area contributed by atoms with Crippen molar-refractivity contribution in [1.82, 2.24) is 10.2 Å². The lowest BCUT2D eigenvalue weighted by Crippen LogP contribution is -2.48. The Bertz CT molecular complexity index is 441. The molecule has 2 rings (SSSR count). The molecule has 2 N–H and O–H groups in total. The Hall–Kier alpha value is -1.39. The largest absolute Gasteiger partial charge is 0.325 e. The summed E-state index contributed by atoms with van der Waals surface area (Å²) in [6.07, 6.45) is 2.37. The Labute approximate surface area is 121 Å². The van der Waals surface area contributed by atoms with Crippen LogP contribution in [0.2, 0.25) is 0 Å². The van der Waals surface area contributed by atoms with Gasteiger partial charge in [-0.3, -0.25) is 9.69 Å². The minimum Gasteiger partial charge on any atom is -0.325 e. The van der Waals surface area contributed by atoms with Crippen LogP contribution in [0.5, 0.6) is 0 Å². The van der Waals surface area contributed by atoms with Crippen LogP contribution in [-0.2, 0) is 4.79 Å². The Kier molecular flexibility index (Phi) is 5.56. The molecule has 0 bridgehead atoms. The van der Waals surface area contributed by atoms with E-state index in [9.17, 15) is 4.79 Å². The molecule has 1 unspecified atom stereocenters. The standard InChI is InChI=1S/C16H25N3O/c1-3-19(14-8-6-10-17-11-14)12-16(20)18-15-9-5-4-7-13(15)2/h4-5,7,9,14,17H,3,6,8,10-12H2,1-2H3,(H,18,20). The molecule has 0 aliphatic carbocycles. The van der Waals surface area contributed by atoms with Crippen LogP contribution in [0.25, 0.3) is 0 Å². The van der Waals surface area contributed by atoms with Crippen LogP contribution in [0.3, 0.4) is 0 Å². The Balaban J connectivity index is 1.90. The van der Waals surface area contributed by atoms with Gasteiger partial charge in [-0.1, -0.05) is 25.1 Å². The number of aryl methyl sites for hydroxylation is 1. The van der Waals surface area contributed by atoms with Crippen molar-refractivity contribution in [3.8, 4) is 0 Å². The molecule has 0 radical (unpaired) electrons. The van der Waals surface area contributed by atoms with Crippen LogP contribution in [0.15, 0.2) is 24.3 Å². The summed E-state index contributed by atoms with van der Waals surface area (Å²) in [6.45, 7) is 7.60. The zero-order valence-corrected chi connectivity index (χ0v) is 12.5. The van der Waals surface area contributed by atoms with Gasteiger partial charge in [-0.15, -0.1) is 0 Å². The Morgan fingerprint density at radius 1 is 1.45 bits per heavy atom. The number of para-hydroxylation sites is 1. The van der Waals surface area contributed by atoms with Crippen molar-refractivity contribution in [1.29, 1.82) is 0 Å². The zero-order valence-electron chi connectivity index (χ0n) is 12.5. The highest BCUT2D eigenvalue weighted by Gasteiger charge is 2.21. The molecule has 1 fully saturated rings. The molecule has 1 aliphatic rings. The van der Waals surface area contributed by atoms with E-state index < -0.39 is 0 Å². The first-order valence-electron chi connectivity index (χ1n) is 7.51. The molecular weight excluding hydrogens is 250 g/mol. The molecule has 4 heteroatoms. The van der Waals surface area contributed by atoms with E-state index in [4.69, 9.17) is 0 Å². The van der Waals surface area contributed by atoms with Gasteiger partial charge in [0, 0.05) is 18.3 Å². The van der Waals surface area contributed by atoms with E-state index in [2.05, 4.69) is 22.5 Å². The number of hydrogen-bond acceptors (Lipinski definition) is 3. The number of amides is 1. The fraction of sp³-hybridized carbons (Fsp3) is 0.562. The first-order chi connectivity index (χ1) is 9.70. The summed E-state index contributed by atoms with van der Waals surface area (Å²) in [4.78, 5) is 14.5. The molecular formula is C16H25N3O. The molecule has 1 atom stereocenters. The maximum absolute atomic E-state index is 12.2. The molecule has 1 aromatic rings. The van der Waals surface area contributed by atoms with Crippen molar-refractivity contribution in [2.75, 3.05) is 31.5 Å². The van der Waals surface area contributed by atoms with E-state index in [0.29, 0.717) is 12.6 Å². The SMILES string of the molecule is CCN(CC(=O)Nc1ccccc1C)C1CCCNC1. The van der Waals surface area contributed by atoms with Crippen LogP contribution in [0.4, 0.5) is 5.69 Å². The third-order valence-electron chi connectivity index (χ3n) is 3.96. The average Bonchev–Trinajstić information content (AvgIpc) is 2.48. The maximum Gasteiger partial charge on any atom is 0.238 e. The number of anilines is 1. The fourth-order valence-corrected chi connectivity index (χ4v) is 2.73. The molecule has 0 saturated carbocycles. The summed E-state index contributed by atoms with van der Waals surface area (Å²) in [6, 6.07) is 8.38. The van der Waals surface area contributed by atoms with Crippen molar-refractivity contribution >= 4 is 11.6 Å². The van der Waals surface area contributed by atoms with Crippen molar-refractivity contribution < 1.29 is 4.79 Å². The Morgan fingerprint density at radius 3 is 2.90 bits per heavy atom. The number of rotatable bonds is 5. The fourth-order valence-electron chi connectivity index (χ4n) is 2.73. The second kappa shape index (κ2) is 7.41. The van der Waals surface area contributed by atoms with Crippen molar-refractivity contribution in [3.05, 3.63) is 29.8 Å². The predicted octanol–water partition coefficient (Wildman–Crippen LogP) is 2.01. The second-order valence-corrected chi connectivity index (χ2v) is 5.43. The van der Waals surface area contributed by atoms with Gasteiger partial charge < -0.3 is 10.6 Å². The highest BCUT2D eigenvalue weighted by molar-refractivity contribution is 5.92. The van der Waals surface area contributed by atoms with Crippen molar-refractivity contribution in [3.63, 3.8) is 0 Å². The lowest BCUT2D eigenvalue weighted by atomic mass is 10.1. The van der Waals surface area contributed by atoms with Crippen LogP contribution < -0.4 is 10.6 Å². The molecule has 1 amide bonds. The number of benzene rings is 1. The molecule has 1 aliphatic heterocycles. The van der Waals surface area contributed by atoms with Crippen molar-refractivity contribution in [2.45, 2.75) is 32.7 Å². The summed E-state index contributed by atoms with van der Waals surface area (Å²) in [5.41, 5.74) is 2.01. The van der Waals surface area contributed by atoms with E-state index >= 15 is 0 Å². The summed E-state index contributed by atoms with van der Waals surface area (Å²) < 4.78 is 0. The van der Waals surface area contributed by atoms with Crippen LogP contribution in [0.1, 0.15) is 25.3 Å². The number of carbonyl (C=O) groups is 1. The number of carbonyl (C=O) groups excluding carboxylic acids is 1. The van der Waals surface area contributed by atoms with E-state index in [1.54, 1.807) is 0 Å². The topological polar surface area (TPSA) is 44.4 Å². The summed E-state index contributed by atoms with van der Waals surface area (Å²) >= 11 is 0. The molecule has 1 heterocycles. The van der Waals surface area contributed by atoms with Gasteiger partial charge in [0.25, 0.3) is 0 Å². The molecule has 0 aromatic heterocycles. The smallest absolute Gasteiger partial charge is 0.238 e. The normalized spacial score (nSPS) is 19.1. The van der Waals surface area contributed by atoms with Gasteiger partial charge in [0.2, 0.25) is 5.91 Å². The van der Waals surface area contributed by atoms with E-state index in [1.807, 2.05) is 31.2 Å². The van der Waals surface area contributed by atoms with Gasteiger partial charge in [0.05, 0.1) is 6.54 Å². The predicted molar refractivity (Wildman–Crippen MR) is 82.9 cm³/mol. The minimum absolute atomic E-state index is 0.0757. The quantitative estimate of drug-likeness (QED) is 0.864. The monoisotopic (exact) mass is 275 g/mol.